The summed E-state index contributed by atoms with van der Waals surface area (Å²) >= 11 is 0. The van der Waals surface area contributed by atoms with Crippen LogP contribution in [0.25, 0.3) is 0 Å². The lowest BCUT2D eigenvalue weighted by molar-refractivity contribution is 0.932. The summed E-state index contributed by atoms with van der Waals surface area (Å²) in [6.45, 7) is 2.22. The van der Waals surface area contributed by atoms with Crippen molar-refractivity contribution < 1.29 is 0 Å². The Balaban J connectivity index is 1.83. The van der Waals surface area contributed by atoms with Gasteiger partial charge in [0.1, 0.15) is 0 Å². The van der Waals surface area contributed by atoms with E-state index in [0.717, 1.165) is 5.92 Å². The lowest BCUT2D eigenvalue weighted by atomic mass is 10.4. The molecule has 0 aromatic carbocycles. The fourth-order valence-corrected chi connectivity index (χ4v) is 1.11. The van der Waals surface area contributed by atoms with E-state index in [1.54, 1.807) is 18.6 Å². The second-order valence-corrected chi connectivity index (χ2v) is 3.36. The molecule has 1 fully saturated rings. The molecule has 0 saturated heterocycles. The molecule has 4 nitrogen and oxygen atoms in total. The van der Waals surface area contributed by atoms with Crippen molar-refractivity contribution in [1.29, 1.82) is 0 Å². The van der Waals surface area contributed by atoms with Crippen LogP contribution in [0.1, 0.15) is 13.3 Å². The van der Waals surface area contributed by atoms with Crippen LogP contribution in [-0.4, -0.2) is 16.2 Å². The molecule has 13 heavy (non-hydrogen) atoms. The van der Waals surface area contributed by atoms with Gasteiger partial charge in [0, 0.05) is 18.6 Å². The van der Waals surface area contributed by atoms with Gasteiger partial charge < -0.3 is 0 Å². The van der Waals surface area contributed by atoms with Gasteiger partial charge in [-0.15, -0.1) is 0 Å². The molecule has 1 aromatic heterocycles. The Hall–Kier alpha value is -1.45. The molecular weight excluding hydrogens is 164 g/mol. The standard InChI is InChI=1S/C9H12N4/c1-7-4-8(7)5-12-13-9-6-10-2-3-11-9/h2-3,5-8H,4H2,1H3,(H,11,13)/b12-5+. The van der Waals surface area contributed by atoms with Crippen LogP contribution < -0.4 is 5.43 Å². The predicted molar refractivity (Wildman–Crippen MR) is 51.4 cm³/mol. The minimum Gasteiger partial charge on any atom is -0.260 e. The van der Waals surface area contributed by atoms with Gasteiger partial charge >= 0.3 is 0 Å². The third kappa shape index (κ3) is 2.24. The molecular formula is C9H12N4. The molecule has 2 atom stereocenters. The van der Waals surface area contributed by atoms with E-state index in [1.807, 2.05) is 6.21 Å². The van der Waals surface area contributed by atoms with E-state index in [9.17, 15) is 0 Å². The van der Waals surface area contributed by atoms with Crippen molar-refractivity contribution in [3.63, 3.8) is 0 Å². The third-order valence-corrected chi connectivity index (χ3v) is 2.18. The van der Waals surface area contributed by atoms with Crippen LogP contribution in [0.3, 0.4) is 0 Å². The molecule has 2 rings (SSSR count). The maximum Gasteiger partial charge on any atom is 0.164 e. The Morgan fingerprint density at radius 1 is 1.62 bits per heavy atom. The molecule has 0 spiro atoms. The Kier molecular flexibility index (Phi) is 2.21. The number of nitrogens with zero attached hydrogens (tertiary/aromatic N) is 3. The molecule has 1 saturated carbocycles. The summed E-state index contributed by atoms with van der Waals surface area (Å²) < 4.78 is 0. The smallest absolute Gasteiger partial charge is 0.164 e. The van der Waals surface area contributed by atoms with Crippen LogP contribution in [0.4, 0.5) is 5.82 Å². The fraction of sp³-hybridized carbons (Fsp3) is 0.444. The van der Waals surface area contributed by atoms with Crippen molar-refractivity contribution in [1.82, 2.24) is 9.97 Å². The van der Waals surface area contributed by atoms with Crippen molar-refractivity contribution in [2.75, 3.05) is 5.43 Å². The maximum absolute atomic E-state index is 4.08. The number of aromatic nitrogens is 2. The van der Waals surface area contributed by atoms with Gasteiger partial charge in [-0.05, 0) is 18.3 Å². The van der Waals surface area contributed by atoms with E-state index >= 15 is 0 Å². The molecule has 1 aliphatic rings. The number of hydrogen-bond acceptors (Lipinski definition) is 4. The van der Waals surface area contributed by atoms with Crippen LogP contribution in [-0.2, 0) is 0 Å². The van der Waals surface area contributed by atoms with Crippen molar-refractivity contribution >= 4 is 12.0 Å². The molecule has 68 valence electrons. The summed E-state index contributed by atoms with van der Waals surface area (Å²) in [5.41, 5.74) is 2.83. The van der Waals surface area contributed by atoms with Gasteiger partial charge in [-0.1, -0.05) is 6.92 Å². The minimum atomic E-state index is 0.657. The van der Waals surface area contributed by atoms with E-state index in [0.29, 0.717) is 11.7 Å². The summed E-state index contributed by atoms with van der Waals surface area (Å²) in [6.07, 6.45) is 8.12. The van der Waals surface area contributed by atoms with Crippen molar-refractivity contribution in [3.8, 4) is 0 Å². The molecule has 1 N–H and O–H groups in total. The zero-order valence-corrected chi connectivity index (χ0v) is 7.51. The monoisotopic (exact) mass is 176 g/mol. The average molecular weight is 176 g/mol. The molecule has 4 heteroatoms. The highest BCUT2D eigenvalue weighted by Gasteiger charge is 2.30. The fourth-order valence-electron chi connectivity index (χ4n) is 1.11. The van der Waals surface area contributed by atoms with Crippen molar-refractivity contribution in [2.45, 2.75) is 13.3 Å². The third-order valence-electron chi connectivity index (χ3n) is 2.18. The zero-order chi connectivity index (χ0) is 9.10. The van der Waals surface area contributed by atoms with Gasteiger partial charge in [0.05, 0.1) is 6.20 Å². The first-order valence-corrected chi connectivity index (χ1v) is 4.41. The molecule has 0 radical (unpaired) electrons. The van der Waals surface area contributed by atoms with Gasteiger partial charge in [0.15, 0.2) is 5.82 Å². The van der Waals surface area contributed by atoms with Gasteiger partial charge in [-0.2, -0.15) is 5.10 Å². The van der Waals surface area contributed by atoms with E-state index in [4.69, 9.17) is 0 Å². The van der Waals surface area contributed by atoms with Gasteiger partial charge in [0.25, 0.3) is 0 Å². The normalized spacial score (nSPS) is 26.2. The van der Waals surface area contributed by atoms with Crippen LogP contribution in [0.2, 0.25) is 0 Å². The zero-order valence-electron chi connectivity index (χ0n) is 7.51. The number of nitrogens with one attached hydrogen (secondary N) is 1. The second-order valence-electron chi connectivity index (χ2n) is 3.36. The first kappa shape index (κ1) is 8.16. The van der Waals surface area contributed by atoms with Crippen LogP contribution in [0, 0.1) is 11.8 Å². The summed E-state index contributed by atoms with van der Waals surface area (Å²) in [5.74, 6) is 2.14. The first-order chi connectivity index (χ1) is 6.36. The summed E-state index contributed by atoms with van der Waals surface area (Å²) in [6, 6.07) is 0. The Morgan fingerprint density at radius 3 is 3.08 bits per heavy atom. The lowest BCUT2D eigenvalue weighted by Crippen LogP contribution is -1.93. The van der Waals surface area contributed by atoms with E-state index in [2.05, 4.69) is 27.4 Å². The Labute approximate surface area is 77.1 Å². The highest BCUT2D eigenvalue weighted by molar-refractivity contribution is 5.65. The lowest BCUT2D eigenvalue weighted by Gasteiger charge is -1.95. The number of hydrazone groups is 1. The molecule has 1 heterocycles. The SMILES string of the molecule is CC1CC1/C=N/Nc1cnccn1. The summed E-state index contributed by atoms with van der Waals surface area (Å²) in [7, 11) is 0. The number of rotatable bonds is 3. The highest BCUT2D eigenvalue weighted by Crippen LogP contribution is 2.35. The first-order valence-electron chi connectivity index (χ1n) is 4.41. The van der Waals surface area contributed by atoms with Crippen LogP contribution in [0.5, 0.6) is 0 Å². The molecule has 0 amide bonds. The van der Waals surface area contributed by atoms with Crippen molar-refractivity contribution in [3.05, 3.63) is 18.6 Å². The molecule has 1 aliphatic carbocycles. The Bertz CT molecular complexity index is 296. The van der Waals surface area contributed by atoms with Crippen LogP contribution >= 0.6 is 0 Å². The quantitative estimate of drug-likeness (QED) is 0.561. The molecule has 0 aliphatic heterocycles. The van der Waals surface area contributed by atoms with Crippen LogP contribution in [0.15, 0.2) is 23.7 Å². The average Bonchev–Trinajstić information content (AvgIpc) is 2.84. The number of hydrogen-bond donors (Lipinski definition) is 1. The Morgan fingerprint density at radius 2 is 2.46 bits per heavy atom. The molecule has 1 aromatic rings. The summed E-state index contributed by atoms with van der Waals surface area (Å²) in [5, 5.41) is 4.08. The van der Waals surface area contributed by atoms with E-state index in [-0.39, 0.29) is 0 Å². The second kappa shape index (κ2) is 3.51. The van der Waals surface area contributed by atoms with Gasteiger partial charge in [-0.3, -0.25) is 10.4 Å². The van der Waals surface area contributed by atoms with E-state index in [1.165, 1.54) is 6.42 Å². The van der Waals surface area contributed by atoms with Crippen molar-refractivity contribution in [2.24, 2.45) is 16.9 Å². The largest absolute Gasteiger partial charge is 0.260 e. The van der Waals surface area contributed by atoms with Gasteiger partial charge in [0.2, 0.25) is 0 Å². The van der Waals surface area contributed by atoms with Gasteiger partial charge in [-0.25, -0.2) is 4.98 Å². The molecule has 0 bridgehead atoms. The minimum absolute atomic E-state index is 0.657. The summed E-state index contributed by atoms with van der Waals surface area (Å²) in [4.78, 5) is 7.94. The highest BCUT2D eigenvalue weighted by atomic mass is 15.3. The maximum atomic E-state index is 4.08. The molecule has 2 unspecified atom stereocenters. The number of anilines is 1. The predicted octanol–water partition coefficient (Wildman–Crippen LogP) is 1.53. The van der Waals surface area contributed by atoms with E-state index < -0.39 is 0 Å². The topological polar surface area (TPSA) is 50.2 Å².